The number of halogens is 1. The summed E-state index contributed by atoms with van der Waals surface area (Å²) in [7, 11) is 1.99. The van der Waals surface area contributed by atoms with E-state index >= 15 is 0 Å². The largest absolute Gasteiger partial charge is 0.455 e. The van der Waals surface area contributed by atoms with E-state index in [0.29, 0.717) is 5.58 Å². The molecule has 2 heterocycles. The van der Waals surface area contributed by atoms with E-state index in [1.807, 2.05) is 36.1 Å². The molecule has 0 radical (unpaired) electrons. The third-order valence-electron chi connectivity index (χ3n) is 5.36. The van der Waals surface area contributed by atoms with Crippen LogP contribution in [-0.2, 0) is 7.05 Å². The zero-order chi connectivity index (χ0) is 18.7. The number of aromatic nitrogens is 2. The highest BCUT2D eigenvalue weighted by atomic mass is 19.1. The van der Waals surface area contributed by atoms with Crippen LogP contribution >= 0.6 is 0 Å². The molecule has 132 valence electrons. The van der Waals surface area contributed by atoms with Crippen LogP contribution in [0.3, 0.4) is 0 Å². The minimum Gasteiger partial charge on any atom is -0.455 e. The van der Waals surface area contributed by atoms with Gasteiger partial charge < -0.3 is 4.42 Å². The Labute approximate surface area is 155 Å². The summed E-state index contributed by atoms with van der Waals surface area (Å²) in [6.45, 7) is 4.21. The summed E-state index contributed by atoms with van der Waals surface area (Å²) >= 11 is 0. The van der Waals surface area contributed by atoms with E-state index in [-0.39, 0.29) is 5.82 Å². The van der Waals surface area contributed by atoms with Crippen molar-refractivity contribution in [3.63, 3.8) is 0 Å². The van der Waals surface area contributed by atoms with E-state index in [2.05, 4.69) is 31.0 Å². The third kappa shape index (κ3) is 2.26. The first-order valence-corrected chi connectivity index (χ1v) is 8.90. The Morgan fingerprint density at radius 2 is 1.78 bits per heavy atom. The van der Waals surface area contributed by atoms with Crippen molar-refractivity contribution in [3.8, 4) is 11.3 Å². The molecule has 4 heteroatoms. The van der Waals surface area contributed by atoms with Gasteiger partial charge in [0.2, 0.25) is 0 Å². The molecule has 0 aliphatic heterocycles. The van der Waals surface area contributed by atoms with Gasteiger partial charge in [-0.15, -0.1) is 0 Å². The molecule has 5 rings (SSSR count). The van der Waals surface area contributed by atoms with Gasteiger partial charge in [0.1, 0.15) is 22.7 Å². The van der Waals surface area contributed by atoms with Gasteiger partial charge in [-0.05, 0) is 60.3 Å². The van der Waals surface area contributed by atoms with Crippen molar-refractivity contribution < 1.29 is 13.4 Å². The normalized spacial score (nSPS) is 11.7. The summed E-state index contributed by atoms with van der Waals surface area (Å²) in [4.78, 5) is 4.54. The lowest BCUT2D eigenvalue weighted by Gasteiger charge is -2.11. The number of furan rings is 1. The first kappa shape index (κ1) is 15.9. The average molecular weight is 357 g/mol. The maximum Gasteiger partial charge on any atom is 0.287 e. The molecule has 0 saturated heterocycles. The fraction of sp³-hybridized carbons (Fsp3) is 0.130. The molecule has 0 unspecified atom stereocenters. The molecule has 3 nitrogen and oxygen atoms in total. The number of nitrogens with zero attached hydrogens (tertiary/aromatic N) is 2. The summed E-state index contributed by atoms with van der Waals surface area (Å²) in [6.07, 6.45) is 1.83. The van der Waals surface area contributed by atoms with Gasteiger partial charge in [-0.2, -0.15) is 0 Å². The van der Waals surface area contributed by atoms with Crippen molar-refractivity contribution >= 4 is 32.8 Å². The summed E-state index contributed by atoms with van der Waals surface area (Å²) < 4.78 is 22.0. The van der Waals surface area contributed by atoms with Crippen LogP contribution in [-0.4, -0.2) is 4.98 Å². The number of hydrogen-bond donors (Lipinski definition) is 0. The monoisotopic (exact) mass is 357 g/mol. The first-order chi connectivity index (χ1) is 13.0. The van der Waals surface area contributed by atoms with E-state index in [0.717, 1.165) is 44.1 Å². The van der Waals surface area contributed by atoms with Crippen LogP contribution in [0.15, 0.2) is 59.3 Å². The van der Waals surface area contributed by atoms with E-state index in [1.54, 1.807) is 6.07 Å². The van der Waals surface area contributed by atoms with Gasteiger partial charge in [0, 0.05) is 16.8 Å². The van der Waals surface area contributed by atoms with Gasteiger partial charge in [0.25, 0.3) is 6.33 Å². The van der Waals surface area contributed by atoms with E-state index in [1.165, 1.54) is 17.7 Å². The Kier molecular flexibility index (Phi) is 3.31. The van der Waals surface area contributed by atoms with Crippen molar-refractivity contribution in [3.05, 3.63) is 71.8 Å². The molecule has 0 saturated carbocycles. The Hall–Kier alpha value is -3.27. The zero-order valence-electron chi connectivity index (χ0n) is 15.4. The Morgan fingerprint density at radius 1 is 0.963 bits per heavy atom. The lowest BCUT2D eigenvalue weighted by atomic mass is 9.94. The predicted octanol–water partition coefficient (Wildman–Crippen LogP) is 5.38. The summed E-state index contributed by atoms with van der Waals surface area (Å²) in [5.41, 5.74) is 6.68. The number of aryl methyl sites for hydroxylation is 2. The maximum atomic E-state index is 13.7. The number of fused-ring (bicyclic) bond motifs is 4. The standard InChI is InChI=1S/C23H18FN2O/c1-13-10-18-16-9-8-15(24)11-20(16)27-23(18)21(14(13)2)22-17-6-4-5-7-19(17)25-12-26(22)3/h4-12H,1-3H3/q+1. The highest BCUT2D eigenvalue weighted by molar-refractivity contribution is 6.12. The smallest absolute Gasteiger partial charge is 0.287 e. The van der Waals surface area contributed by atoms with Crippen molar-refractivity contribution in [1.29, 1.82) is 0 Å². The minimum atomic E-state index is -0.295. The van der Waals surface area contributed by atoms with Crippen LogP contribution in [0.2, 0.25) is 0 Å². The Morgan fingerprint density at radius 3 is 2.63 bits per heavy atom. The van der Waals surface area contributed by atoms with Crippen molar-refractivity contribution in [2.75, 3.05) is 0 Å². The average Bonchev–Trinajstić information content (AvgIpc) is 3.00. The van der Waals surface area contributed by atoms with Gasteiger partial charge in [0.15, 0.2) is 5.52 Å². The highest BCUT2D eigenvalue weighted by Crippen LogP contribution is 2.40. The Bertz CT molecular complexity index is 1370. The molecule has 0 aliphatic carbocycles. The van der Waals surface area contributed by atoms with E-state index in [4.69, 9.17) is 4.42 Å². The zero-order valence-corrected chi connectivity index (χ0v) is 15.4. The molecule has 0 fully saturated rings. The molecule has 2 aromatic heterocycles. The van der Waals surface area contributed by atoms with Crippen LogP contribution in [0.1, 0.15) is 11.1 Å². The van der Waals surface area contributed by atoms with Crippen LogP contribution < -0.4 is 4.57 Å². The molecule has 0 atom stereocenters. The fourth-order valence-electron chi connectivity index (χ4n) is 3.89. The van der Waals surface area contributed by atoms with Gasteiger partial charge in [0.05, 0.1) is 18.0 Å². The van der Waals surface area contributed by atoms with Crippen LogP contribution in [0.4, 0.5) is 4.39 Å². The lowest BCUT2D eigenvalue weighted by Crippen LogP contribution is -2.32. The fourth-order valence-corrected chi connectivity index (χ4v) is 3.89. The third-order valence-corrected chi connectivity index (χ3v) is 5.36. The molecule has 0 spiro atoms. The van der Waals surface area contributed by atoms with E-state index in [9.17, 15) is 4.39 Å². The quantitative estimate of drug-likeness (QED) is 0.377. The van der Waals surface area contributed by atoms with Crippen LogP contribution in [0, 0.1) is 19.7 Å². The molecule has 3 aromatic carbocycles. The molecule has 0 aliphatic rings. The second kappa shape index (κ2) is 5.61. The van der Waals surface area contributed by atoms with Gasteiger partial charge in [-0.25, -0.2) is 8.96 Å². The molecule has 0 amide bonds. The molecule has 0 bridgehead atoms. The van der Waals surface area contributed by atoms with Crippen molar-refractivity contribution in [1.82, 2.24) is 4.98 Å². The Balaban J connectivity index is 2.01. The second-order valence-electron chi connectivity index (χ2n) is 7.03. The SMILES string of the molecule is Cc1cc2c(oc3cc(F)ccc32)c(-c2c3ccccc3nc[n+]2C)c1C. The first-order valence-electron chi connectivity index (χ1n) is 8.90. The van der Waals surface area contributed by atoms with Crippen LogP contribution in [0.5, 0.6) is 0 Å². The lowest BCUT2D eigenvalue weighted by molar-refractivity contribution is -0.662. The molecule has 0 N–H and O–H groups in total. The van der Waals surface area contributed by atoms with Gasteiger partial charge in [-0.1, -0.05) is 12.1 Å². The topological polar surface area (TPSA) is 29.9 Å². The number of para-hydroxylation sites is 1. The van der Waals surface area contributed by atoms with Crippen LogP contribution in [0.25, 0.3) is 44.1 Å². The van der Waals surface area contributed by atoms with E-state index < -0.39 is 0 Å². The summed E-state index contributed by atoms with van der Waals surface area (Å²) in [5, 5.41) is 2.99. The number of benzene rings is 3. The molecule has 5 aromatic rings. The minimum absolute atomic E-state index is 0.295. The van der Waals surface area contributed by atoms with Crippen molar-refractivity contribution in [2.45, 2.75) is 13.8 Å². The summed E-state index contributed by atoms with van der Waals surface area (Å²) in [5.74, 6) is -0.295. The van der Waals surface area contributed by atoms with Gasteiger partial charge >= 0.3 is 0 Å². The van der Waals surface area contributed by atoms with Gasteiger partial charge in [-0.3, -0.25) is 0 Å². The molecular weight excluding hydrogens is 339 g/mol. The predicted molar refractivity (Wildman–Crippen MR) is 105 cm³/mol. The molecular formula is C23H18FN2O+. The molecule has 27 heavy (non-hydrogen) atoms. The number of rotatable bonds is 1. The maximum absolute atomic E-state index is 13.7. The highest BCUT2D eigenvalue weighted by Gasteiger charge is 2.23. The second-order valence-corrected chi connectivity index (χ2v) is 7.03. The summed E-state index contributed by atoms with van der Waals surface area (Å²) in [6, 6.07) is 14.9. The van der Waals surface area contributed by atoms with Crippen molar-refractivity contribution in [2.24, 2.45) is 7.05 Å². The number of hydrogen-bond acceptors (Lipinski definition) is 2.